The van der Waals surface area contributed by atoms with Crippen LogP contribution >= 0.6 is 11.6 Å². The van der Waals surface area contributed by atoms with Gasteiger partial charge in [-0.25, -0.2) is 8.42 Å². The van der Waals surface area contributed by atoms with E-state index >= 15 is 0 Å². The number of aromatic nitrogens is 1. The Kier molecular flexibility index (Phi) is 6.16. The fraction of sp³-hybridized carbons (Fsp3) is 0.389. The Balaban J connectivity index is 2.36. The van der Waals surface area contributed by atoms with E-state index in [0.29, 0.717) is 23.8 Å². The molecule has 1 N–H and O–H groups in total. The van der Waals surface area contributed by atoms with Crippen molar-refractivity contribution in [2.75, 3.05) is 18.4 Å². The third kappa shape index (κ3) is 3.95. The lowest BCUT2D eigenvalue weighted by atomic mass is 10.1. The average molecular weight is 398 g/mol. The van der Waals surface area contributed by atoms with Gasteiger partial charge in [-0.05, 0) is 37.1 Å². The maximum Gasteiger partial charge on any atom is 0.272 e. The Bertz CT molecular complexity index is 908. The highest BCUT2D eigenvalue weighted by Crippen LogP contribution is 2.28. The summed E-state index contributed by atoms with van der Waals surface area (Å²) >= 11 is 6.24. The molecule has 0 saturated carbocycles. The van der Waals surface area contributed by atoms with Crippen molar-refractivity contribution in [1.29, 1.82) is 0 Å². The predicted molar refractivity (Wildman–Crippen MR) is 104 cm³/mol. The number of carbonyl (C=O) groups excluding carboxylic acids is 1. The topological polar surface area (TPSA) is 71.4 Å². The van der Waals surface area contributed by atoms with E-state index in [-0.39, 0.29) is 10.6 Å². The maximum atomic E-state index is 12.7. The first kappa shape index (κ1) is 20.5. The minimum atomic E-state index is -3.62. The van der Waals surface area contributed by atoms with Gasteiger partial charge in [-0.2, -0.15) is 4.31 Å². The number of hydrogen-bond donors (Lipinski definition) is 1. The van der Waals surface area contributed by atoms with Gasteiger partial charge in [0, 0.05) is 26.3 Å². The van der Waals surface area contributed by atoms with Gasteiger partial charge in [0.1, 0.15) is 10.6 Å². The summed E-state index contributed by atoms with van der Waals surface area (Å²) in [7, 11) is -1.99. The summed E-state index contributed by atoms with van der Waals surface area (Å²) in [5.74, 6) is -0.414. The van der Waals surface area contributed by atoms with Gasteiger partial charge in [0.2, 0.25) is 10.0 Å². The number of nitrogens with one attached hydrogen (secondary N) is 1. The van der Waals surface area contributed by atoms with Crippen molar-refractivity contribution in [2.45, 2.75) is 32.6 Å². The maximum absolute atomic E-state index is 12.7. The van der Waals surface area contributed by atoms with Gasteiger partial charge < -0.3 is 9.88 Å². The summed E-state index contributed by atoms with van der Waals surface area (Å²) in [5, 5.41) is 3.23. The monoisotopic (exact) mass is 397 g/mol. The zero-order valence-corrected chi connectivity index (χ0v) is 17.2. The van der Waals surface area contributed by atoms with E-state index in [1.165, 1.54) is 21.1 Å². The molecule has 142 valence electrons. The van der Waals surface area contributed by atoms with Crippen LogP contribution in [0.5, 0.6) is 0 Å². The molecule has 0 saturated heterocycles. The molecular formula is C18H24ClN3O3S. The molecule has 0 radical (unpaired) electrons. The lowest BCUT2D eigenvalue weighted by Crippen LogP contribution is -2.30. The zero-order valence-electron chi connectivity index (χ0n) is 15.6. The second-order valence-electron chi connectivity index (χ2n) is 6.15. The van der Waals surface area contributed by atoms with E-state index in [1.54, 1.807) is 27.0 Å². The molecule has 1 aromatic carbocycles. The predicted octanol–water partition coefficient (Wildman–Crippen LogP) is 3.58. The summed E-state index contributed by atoms with van der Waals surface area (Å²) < 4.78 is 28.1. The number of anilines is 1. The Morgan fingerprint density at radius 2 is 1.81 bits per heavy atom. The molecule has 0 spiro atoms. The number of carbonyl (C=O) groups is 1. The number of nitrogens with zero attached hydrogens (tertiary/aromatic N) is 2. The van der Waals surface area contributed by atoms with Crippen molar-refractivity contribution in [3.8, 4) is 0 Å². The molecule has 0 aliphatic rings. The zero-order chi connectivity index (χ0) is 19.6. The van der Waals surface area contributed by atoms with Crippen LogP contribution in [0.2, 0.25) is 5.02 Å². The summed E-state index contributed by atoms with van der Waals surface area (Å²) in [6.45, 7) is 8.07. The van der Waals surface area contributed by atoms with Gasteiger partial charge in [0.25, 0.3) is 5.91 Å². The van der Waals surface area contributed by atoms with Gasteiger partial charge in [-0.15, -0.1) is 0 Å². The van der Waals surface area contributed by atoms with E-state index in [9.17, 15) is 13.2 Å². The quantitative estimate of drug-likeness (QED) is 0.809. The third-order valence-electron chi connectivity index (χ3n) is 4.23. The van der Waals surface area contributed by atoms with E-state index in [4.69, 9.17) is 11.6 Å². The van der Waals surface area contributed by atoms with Crippen LogP contribution in [0.15, 0.2) is 29.3 Å². The molecule has 0 bridgehead atoms. The molecule has 2 rings (SSSR count). The van der Waals surface area contributed by atoms with Gasteiger partial charge in [-0.1, -0.05) is 31.5 Å². The van der Waals surface area contributed by atoms with Crippen molar-refractivity contribution in [3.05, 3.63) is 46.2 Å². The van der Waals surface area contributed by atoms with E-state index < -0.39 is 15.9 Å². The molecule has 1 aromatic heterocycles. The second-order valence-corrected chi connectivity index (χ2v) is 8.50. The van der Waals surface area contributed by atoms with E-state index in [2.05, 4.69) is 5.32 Å². The highest BCUT2D eigenvalue weighted by atomic mass is 35.5. The SMILES string of the molecule is CCN(CC)S(=O)(=O)c1cc(C(=O)Nc2c(C)cc(C)cc2Cl)n(C)c1. The molecule has 26 heavy (non-hydrogen) atoms. The van der Waals surface area contributed by atoms with Gasteiger partial charge >= 0.3 is 0 Å². The number of halogens is 1. The Morgan fingerprint density at radius 1 is 1.19 bits per heavy atom. The first-order chi connectivity index (χ1) is 12.1. The van der Waals surface area contributed by atoms with Crippen molar-refractivity contribution < 1.29 is 13.2 Å². The smallest absolute Gasteiger partial charge is 0.272 e. The molecular weight excluding hydrogens is 374 g/mol. The number of rotatable bonds is 6. The minimum absolute atomic E-state index is 0.0978. The Labute approximate surface area is 159 Å². The van der Waals surface area contributed by atoms with Gasteiger partial charge in [0.05, 0.1) is 10.7 Å². The highest BCUT2D eigenvalue weighted by molar-refractivity contribution is 7.89. The Morgan fingerprint density at radius 3 is 2.35 bits per heavy atom. The van der Waals surface area contributed by atoms with E-state index in [1.807, 2.05) is 19.9 Å². The normalized spacial score (nSPS) is 11.8. The van der Waals surface area contributed by atoms with Crippen molar-refractivity contribution >= 4 is 33.2 Å². The van der Waals surface area contributed by atoms with Crippen LogP contribution in [0.4, 0.5) is 5.69 Å². The number of amides is 1. The molecule has 0 aliphatic heterocycles. The molecule has 0 unspecified atom stereocenters. The van der Waals surface area contributed by atoms with Crippen LogP contribution in [0, 0.1) is 13.8 Å². The summed E-state index contributed by atoms with van der Waals surface area (Å²) in [4.78, 5) is 12.8. The standard InChI is InChI=1S/C18H24ClN3O3S/c1-6-22(7-2)26(24,25)14-10-16(21(5)11-14)18(23)20-17-13(4)8-12(3)9-15(17)19/h8-11H,6-7H2,1-5H3,(H,20,23). The molecule has 8 heteroatoms. The van der Waals surface area contributed by atoms with Crippen molar-refractivity contribution in [2.24, 2.45) is 7.05 Å². The molecule has 2 aromatic rings. The molecule has 0 aliphatic carbocycles. The van der Waals surface area contributed by atoms with Crippen LogP contribution in [-0.4, -0.2) is 36.3 Å². The first-order valence-corrected chi connectivity index (χ1v) is 10.2. The van der Waals surface area contributed by atoms with Crippen LogP contribution < -0.4 is 5.32 Å². The molecule has 6 nitrogen and oxygen atoms in total. The van der Waals surface area contributed by atoms with E-state index in [0.717, 1.165) is 11.1 Å². The lowest BCUT2D eigenvalue weighted by Gasteiger charge is -2.17. The number of aryl methyl sites for hydroxylation is 3. The van der Waals surface area contributed by atoms with Crippen LogP contribution in [0.25, 0.3) is 0 Å². The third-order valence-corrected chi connectivity index (χ3v) is 6.54. The summed E-state index contributed by atoms with van der Waals surface area (Å²) in [5.41, 5.74) is 2.61. The molecule has 0 fully saturated rings. The van der Waals surface area contributed by atoms with Gasteiger partial charge in [-0.3, -0.25) is 4.79 Å². The average Bonchev–Trinajstić information content (AvgIpc) is 2.94. The second kappa shape index (κ2) is 7.82. The number of sulfonamides is 1. The molecule has 0 atom stereocenters. The first-order valence-electron chi connectivity index (χ1n) is 8.36. The molecule has 1 amide bonds. The fourth-order valence-electron chi connectivity index (χ4n) is 2.87. The lowest BCUT2D eigenvalue weighted by molar-refractivity contribution is 0.101. The Hall–Kier alpha value is -1.83. The van der Waals surface area contributed by atoms with Gasteiger partial charge in [0.15, 0.2) is 0 Å². The highest BCUT2D eigenvalue weighted by Gasteiger charge is 2.25. The fourth-order valence-corrected chi connectivity index (χ4v) is 4.76. The molecule has 1 heterocycles. The van der Waals surface area contributed by atoms with Crippen LogP contribution in [0.1, 0.15) is 35.5 Å². The van der Waals surface area contributed by atoms with Crippen molar-refractivity contribution in [1.82, 2.24) is 8.87 Å². The summed E-state index contributed by atoms with van der Waals surface area (Å²) in [6.07, 6.45) is 1.45. The minimum Gasteiger partial charge on any atom is -0.345 e. The van der Waals surface area contributed by atoms with Crippen LogP contribution in [-0.2, 0) is 17.1 Å². The summed E-state index contributed by atoms with van der Waals surface area (Å²) in [6, 6.07) is 5.08. The van der Waals surface area contributed by atoms with Crippen LogP contribution in [0.3, 0.4) is 0 Å². The van der Waals surface area contributed by atoms with Crippen molar-refractivity contribution in [3.63, 3.8) is 0 Å². The largest absolute Gasteiger partial charge is 0.345 e. The number of hydrogen-bond acceptors (Lipinski definition) is 3. The number of benzene rings is 1.